The Bertz CT molecular complexity index is 288. The van der Waals surface area contributed by atoms with E-state index in [1.54, 1.807) is 13.3 Å². The number of methoxy groups -OCH3 is 1. The summed E-state index contributed by atoms with van der Waals surface area (Å²) in [6.07, 6.45) is 1.68. The Morgan fingerprint density at radius 2 is 2.31 bits per heavy atom. The van der Waals surface area contributed by atoms with E-state index in [1.165, 1.54) is 0 Å². The van der Waals surface area contributed by atoms with Gasteiger partial charge in [-0.3, -0.25) is 0 Å². The fourth-order valence-electron chi connectivity index (χ4n) is 1.10. The quantitative estimate of drug-likeness (QED) is 0.751. The second-order valence-electron chi connectivity index (χ2n) is 3.01. The molecule has 1 heterocycles. The summed E-state index contributed by atoms with van der Waals surface area (Å²) < 4.78 is 5.14. The van der Waals surface area contributed by atoms with Gasteiger partial charge < -0.3 is 10.5 Å². The molecule has 1 atom stereocenters. The minimum absolute atomic E-state index is 0.205. The highest BCUT2D eigenvalue weighted by atomic mass is 16.5. The van der Waals surface area contributed by atoms with E-state index in [-0.39, 0.29) is 5.92 Å². The molecule has 72 valence electrons. The van der Waals surface area contributed by atoms with Crippen LogP contribution in [0.5, 0.6) is 5.75 Å². The molecule has 13 heavy (non-hydrogen) atoms. The van der Waals surface area contributed by atoms with E-state index in [0.717, 1.165) is 11.5 Å². The zero-order chi connectivity index (χ0) is 9.84. The summed E-state index contributed by atoms with van der Waals surface area (Å²) >= 11 is 0. The first-order chi connectivity index (χ1) is 6.19. The normalized spacial score (nSPS) is 12.6. The van der Waals surface area contributed by atoms with Crippen LogP contribution in [0.3, 0.4) is 0 Å². The lowest BCUT2D eigenvalue weighted by atomic mass is 10.1. The molecule has 0 aliphatic heterocycles. The van der Waals surface area contributed by atoms with Crippen LogP contribution in [-0.4, -0.2) is 23.6 Å². The Morgan fingerprint density at radius 1 is 1.62 bits per heavy atom. The largest absolute Gasteiger partial charge is 0.493 e. The fraction of sp³-hybridized carbons (Fsp3) is 0.556. The van der Waals surface area contributed by atoms with Crippen LogP contribution in [0.2, 0.25) is 0 Å². The minimum atomic E-state index is 0.205. The second-order valence-corrected chi connectivity index (χ2v) is 3.01. The molecule has 4 heteroatoms. The van der Waals surface area contributed by atoms with Crippen LogP contribution in [0.25, 0.3) is 0 Å². The van der Waals surface area contributed by atoms with E-state index in [4.69, 9.17) is 10.5 Å². The van der Waals surface area contributed by atoms with Gasteiger partial charge in [0.15, 0.2) is 5.75 Å². The molecule has 1 aromatic heterocycles. The van der Waals surface area contributed by atoms with Gasteiger partial charge in [0.2, 0.25) is 0 Å². The molecule has 1 rings (SSSR count). The van der Waals surface area contributed by atoms with Crippen LogP contribution >= 0.6 is 0 Å². The molecule has 4 nitrogen and oxygen atoms in total. The van der Waals surface area contributed by atoms with E-state index in [1.807, 2.05) is 13.8 Å². The van der Waals surface area contributed by atoms with Crippen molar-refractivity contribution >= 4 is 0 Å². The van der Waals surface area contributed by atoms with Crippen LogP contribution < -0.4 is 10.5 Å². The lowest BCUT2D eigenvalue weighted by Gasteiger charge is -2.12. The van der Waals surface area contributed by atoms with Gasteiger partial charge in [-0.05, 0) is 6.92 Å². The summed E-state index contributed by atoms with van der Waals surface area (Å²) in [5, 5.41) is 0. The number of rotatable bonds is 3. The second kappa shape index (κ2) is 4.18. The lowest BCUT2D eigenvalue weighted by Crippen LogP contribution is -2.12. The average Bonchev–Trinajstić information content (AvgIpc) is 2.16. The van der Waals surface area contributed by atoms with Gasteiger partial charge in [0.25, 0.3) is 0 Å². The van der Waals surface area contributed by atoms with E-state index >= 15 is 0 Å². The number of hydrogen-bond donors (Lipinski definition) is 1. The summed E-state index contributed by atoms with van der Waals surface area (Å²) in [5.41, 5.74) is 6.45. The maximum Gasteiger partial charge on any atom is 0.158 e. The highest BCUT2D eigenvalue weighted by Gasteiger charge is 2.12. The zero-order valence-corrected chi connectivity index (χ0v) is 8.24. The molecule has 0 amide bonds. The van der Waals surface area contributed by atoms with Crippen LogP contribution in [-0.2, 0) is 0 Å². The Kier molecular flexibility index (Phi) is 3.19. The van der Waals surface area contributed by atoms with Gasteiger partial charge in [-0.2, -0.15) is 0 Å². The van der Waals surface area contributed by atoms with Crippen molar-refractivity contribution in [2.45, 2.75) is 19.8 Å². The van der Waals surface area contributed by atoms with Gasteiger partial charge in [-0.1, -0.05) is 6.92 Å². The number of aromatic nitrogens is 2. The van der Waals surface area contributed by atoms with Crippen LogP contribution in [0.15, 0.2) is 6.20 Å². The molecule has 1 aromatic rings. The van der Waals surface area contributed by atoms with E-state index in [0.29, 0.717) is 12.3 Å². The third-order valence-electron chi connectivity index (χ3n) is 1.94. The highest BCUT2D eigenvalue weighted by Crippen LogP contribution is 2.22. The minimum Gasteiger partial charge on any atom is -0.493 e. The lowest BCUT2D eigenvalue weighted by molar-refractivity contribution is 0.400. The molecular weight excluding hydrogens is 166 g/mol. The maximum atomic E-state index is 5.56. The van der Waals surface area contributed by atoms with Crippen LogP contribution in [0.1, 0.15) is 24.4 Å². The molecule has 0 aromatic carbocycles. The molecule has 0 fully saturated rings. The fourth-order valence-corrected chi connectivity index (χ4v) is 1.10. The summed E-state index contributed by atoms with van der Waals surface area (Å²) in [5.74, 6) is 1.66. The van der Waals surface area contributed by atoms with Gasteiger partial charge in [-0.25, -0.2) is 9.97 Å². The van der Waals surface area contributed by atoms with Crippen molar-refractivity contribution in [3.05, 3.63) is 17.7 Å². The molecule has 0 radical (unpaired) electrons. The monoisotopic (exact) mass is 181 g/mol. The zero-order valence-electron chi connectivity index (χ0n) is 8.24. The molecule has 0 saturated carbocycles. The van der Waals surface area contributed by atoms with Crippen molar-refractivity contribution in [3.63, 3.8) is 0 Å². The first kappa shape index (κ1) is 9.92. The van der Waals surface area contributed by atoms with Crippen molar-refractivity contribution < 1.29 is 4.74 Å². The molecule has 0 aliphatic carbocycles. The Morgan fingerprint density at radius 3 is 2.85 bits per heavy atom. The van der Waals surface area contributed by atoms with Gasteiger partial charge in [-0.15, -0.1) is 0 Å². The third kappa shape index (κ3) is 2.15. The van der Waals surface area contributed by atoms with E-state index < -0.39 is 0 Å². The molecule has 0 saturated heterocycles. The highest BCUT2D eigenvalue weighted by molar-refractivity contribution is 5.27. The molecule has 0 spiro atoms. The van der Waals surface area contributed by atoms with Gasteiger partial charge in [0.1, 0.15) is 5.82 Å². The van der Waals surface area contributed by atoms with Crippen molar-refractivity contribution in [2.75, 3.05) is 13.7 Å². The summed E-state index contributed by atoms with van der Waals surface area (Å²) in [6.45, 7) is 4.43. The smallest absolute Gasteiger partial charge is 0.158 e. The van der Waals surface area contributed by atoms with Crippen molar-refractivity contribution in [2.24, 2.45) is 5.73 Å². The number of hydrogen-bond acceptors (Lipinski definition) is 4. The van der Waals surface area contributed by atoms with Crippen molar-refractivity contribution in [1.82, 2.24) is 9.97 Å². The SMILES string of the molecule is COc1cnc(C)nc1C(C)CN. The van der Waals surface area contributed by atoms with Crippen molar-refractivity contribution in [1.29, 1.82) is 0 Å². The van der Waals surface area contributed by atoms with E-state index in [2.05, 4.69) is 9.97 Å². The summed E-state index contributed by atoms with van der Waals surface area (Å²) in [7, 11) is 1.61. The maximum absolute atomic E-state index is 5.56. The predicted octanol–water partition coefficient (Wildman–Crippen LogP) is 0.856. The predicted molar refractivity (Wildman–Crippen MR) is 50.8 cm³/mol. The summed E-state index contributed by atoms with van der Waals surface area (Å²) in [4.78, 5) is 8.35. The molecule has 1 unspecified atom stereocenters. The molecule has 0 aliphatic rings. The number of nitrogens with zero attached hydrogens (tertiary/aromatic N) is 2. The molecule has 0 bridgehead atoms. The molecule has 2 N–H and O–H groups in total. The topological polar surface area (TPSA) is 61.0 Å². The summed E-state index contributed by atoms with van der Waals surface area (Å²) in [6, 6.07) is 0. The van der Waals surface area contributed by atoms with Gasteiger partial charge >= 0.3 is 0 Å². The van der Waals surface area contributed by atoms with Crippen LogP contribution in [0, 0.1) is 6.92 Å². The number of nitrogens with two attached hydrogens (primary N) is 1. The van der Waals surface area contributed by atoms with Crippen LogP contribution in [0.4, 0.5) is 0 Å². The standard InChI is InChI=1S/C9H15N3O/c1-6(4-10)9-8(13-3)5-11-7(2)12-9/h5-6H,4,10H2,1-3H3. The van der Waals surface area contributed by atoms with Crippen molar-refractivity contribution in [3.8, 4) is 5.75 Å². The molecular formula is C9H15N3O. The number of aryl methyl sites for hydroxylation is 1. The Labute approximate surface area is 78.1 Å². The third-order valence-corrected chi connectivity index (χ3v) is 1.94. The average molecular weight is 181 g/mol. The number of ether oxygens (including phenoxy) is 1. The first-order valence-corrected chi connectivity index (χ1v) is 4.26. The first-order valence-electron chi connectivity index (χ1n) is 4.26. The Hall–Kier alpha value is -1.16. The Balaban J connectivity index is 3.07. The van der Waals surface area contributed by atoms with Gasteiger partial charge in [0.05, 0.1) is 19.0 Å². The van der Waals surface area contributed by atoms with Gasteiger partial charge in [0, 0.05) is 12.5 Å². The van der Waals surface area contributed by atoms with E-state index in [9.17, 15) is 0 Å².